The number of aliphatic hydroxyl groups is 1. The number of rotatable bonds is 6. The molecule has 96 valence electrons. The third-order valence-corrected chi connectivity index (χ3v) is 3.26. The van der Waals surface area contributed by atoms with Crippen LogP contribution < -0.4 is 10.1 Å². The van der Waals surface area contributed by atoms with E-state index in [1.54, 1.807) is 11.3 Å². The summed E-state index contributed by atoms with van der Waals surface area (Å²) in [6.07, 6.45) is 1.85. The largest absolute Gasteiger partial charge is 0.494 e. The summed E-state index contributed by atoms with van der Waals surface area (Å²) in [4.78, 5) is 5.20. The van der Waals surface area contributed by atoms with Crippen LogP contribution in [-0.2, 0) is 13.2 Å². The highest BCUT2D eigenvalue weighted by Crippen LogP contribution is 2.23. The molecule has 1 aromatic carbocycles. The maximum absolute atomic E-state index is 9.31. The maximum atomic E-state index is 9.31. The van der Waals surface area contributed by atoms with Gasteiger partial charge in [0, 0.05) is 22.3 Å². The minimum absolute atomic E-state index is 0.0224. The number of hydrogen-bond acceptors (Lipinski definition) is 5. The van der Waals surface area contributed by atoms with E-state index in [-0.39, 0.29) is 6.61 Å². The molecule has 0 radical (unpaired) electrons. The maximum Gasteiger partial charge on any atom is 0.124 e. The fourth-order valence-corrected chi connectivity index (χ4v) is 2.16. The van der Waals surface area contributed by atoms with E-state index >= 15 is 0 Å². The van der Waals surface area contributed by atoms with Gasteiger partial charge in [-0.15, -0.1) is 11.3 Å². The number of nitrogens with one attached hydrogen (secondary N) is 1. The van der Waals surface area contributed by atoms with Crippen molar-refractivity contribution in [2.75, 3.05) is 11.9 Å². The van der Waals surface area contributed by atoms with Crippen molar-refractivity contribution in [2.45, 2.75) is 20.1 Å². The van der Waals surface area contributed by atoms with Crippen molar-refractivity contribution < 1.29 is 9.84 Å². The number of nitrogens with zero attached hydrogens (tertiary/aromatic N) is 1. The zero-order chi connectivity index (χ0) is 12.8. The van der Waals surface area contributed by atoms with Crippen molar-refractivity contribution >= 4 is 17.0 Å². The van der Waals surface area contributed by atoms with E-state index in [9.17, 15) is 5.11 Å². The van der Waals surface area contributed by atoms with Gasteiger partial charge in [-0.1, -0.05) is 0 Å². The molecule has 0 spiro atoms. The van der Waals surface area contributed by atoms with Gasteiger partial charge >= 0.3 is 0 Å². The van der Waals surface area contributed by atoms with E-state index in [1.165, 1.54) is 4.88 Å². The summed E-state index contributed by atoms with van der Waals surface area (Å²) in [5.74, 6) is 0.739. The summed E-state index contributed by atoms with van der Waals surface area (Å²) < 4.78 is 5.44. The fourth-order valence-electron chi connectivity index (χ4n) is 1.63. The highest BCUT2D eigenvalue weighted by molar-refractivity contribution is 7.09. The SMILES string of the molecule is CCOc1ccc(NCc2cncs2)cc1CO. The number of thiazole rings is 1. The molecule has 2 rings (SSSR count). The molecule has 18 heavy (non-hydrogen) atoms. The first-order valence-electron chi connectivity index (χ1n) is 5.81. The van der Waals surface area contributed by atoms with Crippen molar-refractivity contribution in [3.63, 3.8) is 0 Å². The molecule has 0 aliphatic heterocycles. The number of anilines is 1. The molecule has 0 saturated heterocycles. The summed E-state index contributed by atoms with van der Waals surface area (Å²) in [6, 6.07) is 5.74. The Balaban J connectivity index is 2.05. The monoisotopic (exact) mass is 264 g/mol. The van der Waals surface area contributed by atoms with E-state index in [0.29, 0.717) is 6.61 Å². The second kappa shape index (κ2) is 6.37. The Morgan fingerprint density at radius 1 is 1.44 bits per heavy atom. The molecule has 0 amide bonds. The van der Waals surface area contributed by atoms with Gasteiger partial charge in [0.25, 0.3) is 0 Å². The van der Waals surface area contributed by atoms with E-state index in [1.807, 2.05) is 36.8 Å². The average Bonchev–Trinajstić information content (AvgIpc) is 2.91. The van der Waals surface area contributed by atoms with Crippen LogP contribution in [0.5, 0.6) is 5.75 Å². The third kappa shape index (κ3) is 3.21. The fraction of sp³-hybridized carbons (Fsp3) is 0.308. The van der Waals surface area contributed by atoms with Crippen LogP contribution in [0, 0.1) is 0 Å². The van der Waals surface area contributed by atoms with Crippen LogP contribution in [0.4, 0.5) is 5.69 Å². The van der Waals surface area contributed by atoms with Gasteiger partial charge in [-0.3, -0.25) is 4.98 Å². The number of hydrogen-bond donors (Lipinski definition) is 2. The molecule has 5 heteroatoms. The van der Waals surface area contributed by atoms with Gasteiger partial charge in [0.15, 0.2) is 0 Å². The van der Waals surface area contributed by atoms with Crippen molar-refractivity contribution in [1.82, 2.24) is 4.98 Å². The van der Waals surface area contributed by atoms with Crippen molar-refractivity contribution in [3.8, 4) is 5.75 Å². The lowest BCUT2D eigenvalue weighted by Crippen LogP contribution is -2.01. The molecule has 0 bridgehead atoms. The second-order valence-corrected chi connectivity index (χ2v) is 4.71. The molecule has 1 aromatic heterocycles. The van der Waals surface area contributed by atoms with Crippen molar-refractivity contribution in [2.24, 2.45) is 0 Å². The molecule has 0 aliphatic carbocycles. The second-order valence-electron chi connectivity index (χ2n) is 3.73. The standard InChI is InChI=1S/C13H16N2O2S/c1-2-17-13-4-3-11(5-10(13)8-16)15-7-12-6-14-9-18-12/h3-6,9,15-16H,2,7-8H2,1H3. The highest BCUT2D eigenvalue weighted by Gasteiger charge is 2.04. The molecule has 0 unspecified atom stereocenters. The Kier molecular flexibility index (Phi) is 4.55. The van der Waals surface area contributed by atoms with Gasteiger partial charge in [0.2, 0.25) is 0 Å². The summed E-state index contributed by atoms with van der Waals surface area (Å²) >= 11 is 1.62. The summed E-state index contributed by atoms with van der Waals surface area (Å²) in [6.45, 7) is 3.24. The molecule has 4 nitrogen and oxygen atoms in total. The van der Waals surface area contributed by atoms with Gasteiger partial charge in [-0.05, 0) is 25.1 Å². The van der Waals surface area contributed by atoms with Crippen LogP contribution in [0.3, 0.4) is 0 Å². The minimum Gasteiger partial charge on any atom is -0.494 e. The predicted molar refractivity (Wildman–Crippen MR) is 73.0 cm³/mol. The molecule has 2 N–H and O–H groups in total. The van der Waals surface area contributed by atoms with Gasteiger partial charge in [0.1, 0.15) is 5.75 Å². The van der Waals surface area contributed by atoms with Crippen LogP contribution >= 0.6 is 11.3 Å². The summed E-state index contributed by atoms with van der Waals surface area (Å²) in [5.41, 5.74) is 3.58. The Hall–Kier alpha value is -1.59. The topological polar surface area (TPSA) is 54.4 Å². The zero-order valence-electron chi connectivity index (χ0n) is 10.2. The Labute approximate surface area is 110 Å². The highest BCUT2D eigenvalue weighted by atomic mass is 32.1. The Morgan fingerprint density at radius 2 is 2.33 bits per heavy atom. The van der Waals surface area contributed by atoms with E-state index in [0.717, 1.165) is 23.5 Å². The molecule has 0 atom stereocenters. The molecule has 1 heterocycles. The lowest BCUT2D eigenvalue weighted by molar-refractivity contribution is 0.267. The van der Waals surface area contributed by atoms with Crippen LogP contribution in [0.25, 0.3) is 0 Å². The lowest BCUT2D eigenvalue weighted by atomic mass is 10.2. The lowest BCUT2D eigenvalue weighted by Gasteiger charge is -2.11. The average molecular weight is 264 g/mol. The number of benzene rings is 1. The Bertz CT molecular complexity index is 486. The van der Waals surface area contributed by atoms with E-state index in [4.69, 9.17) is 4.74 Å². The minimum atomic E-state index is -0.0224. The van der Waals surface area contributed by atoms with Gasteiger partial charge in [-0.25, -0.2) is 0 Å². The van der Waals surface area contributed by atoms with Crippen LogP contribution in [0.1, 0.15) is 17.4 Å². The first-order valence-corrected chi connectivity index (χ1v) is 6.69. The van der Waals surface area contributed by atoms with Gasteiger partial charge in [0.05, 0.1) is 25.3 Å². The third-order valence-electron chi connectivity index (χ3n) is 2.48. The van der Waals surface area contributed by atoms with Crippen LogP contribution in [0.2, 0.25) is 0 Å². The van der Waals surface area contributed by atoms with Gasteiger partial charge < -0.3 is 15.2 Å². The molecular weight excluding hydrogens is 248 g/mol. The van der Waals surface area contributed by atoms with Crippen LogP contribution in [0.15, 0.2) is 29.9 Å². The number of aliphatic hydroxyl groups excluding tert-OH is 1. The number of aromatic nitrogens is 1. The number of ether oxygens (including phenoxy) is 1. The summed E-state index contributed by atoms with van der Waals surface area (Å²) in [5, 5.41) is 12.6. The molecule has 0 aliphatic rings. The molecular formula is C13H16N2O2S. The molecule has 2 aromatic rings. The first kappa shape index (κ1) is 12.9. The molecule has 0 saturated carbocycles. The van der Waals surface area contributed by atoms with E-state index in [2.05, 4.69) is 10.3 Å². The summed E-state index contributed by atoms with van der Waals surface area (Å²) in [7, 11) is 0. The van der Waals surface area contributed by atoms with E-state index < -0.39 is 0 Å². The Morgan fingerprint density at radius 3 is 3.00 bits per heavy atom. The molecule has 0 fully saturated rings. The van der Waals surface area contributed by atoms with Gasteiger partial charge in [-0.2, -0.15) is 0 Å². The van der Waals surface area contributed by atoms with Crippen LogP contribution in [-0.4, -0.2) is 16.7 Å². The normalized spacial score (nSPS) is 10.3. The smallest absolute Gasteiger partial charge is 0.124 e. The first-order chi connectivity index (χ1) is 8.83. The zero-order valence-corrected chi connectivity index (χ0v) is 11.0. The van der Waals surface area contributed by atoms with Crippen molar-refractivity contribution in [3.05, 3.63) is 40.3 Å². The van der Waals surface area contributed by atoms with Crippen molar-refractivity contribution in [1.29, 1.82) is 0 Å². The predicted octanol–water partition coefficient (Wildman–Crippen LogP) is 2.65. The quantitative estimate of drug-likeness (QED) is 0.842.